The van der Waals surface area contributed by atoms with Crippen LogP contribution in [0.2, 0.25) is 5.02 Å². The molecule has 0 saturated heterocycles. The Kier molecular flexibility index (Phi) is 6.98. The predicted octanol–water partition coefficient (Wildman–Crippen LogP) is 3.06. The molecule has 1 aromatic carbocycles. The van der Waals surface area contributed by atoms with Gasteiger partial charge in [-0.15, -0.1) is 0 Å². The largest absolute Gasteiger partial charge is 0.497 e. The van der Waals surface area contributed by atoms with Crippen LogP contribution in [0.1, 0.15) is 20.3 Å². The lowest BCUT2D eigenvalue weighted by Crippen LogP contribution is -2.44. The molecule has 1 atom stereocenters. The van der Waals surface area contributed by atoms with Crippen molar-refractivity contribution in [1.82, 2.24) is 5.32 Å². The van der Waals surface area contributed by atoms with Crippen LogP contribution in [0.25, 0.3) is 0 Å². The Balaban J connectivity index is 2.87. The molecule has 0 spiro atoms. The summed E-state index contributed by atoms with van der Waals surface area (Å²) in [6.07, 6.45) is -0.180. The highest BCUT2D eigenvalue weighted by molar-refractivity contribution is 6.33. The molecule has 122 valence electrons. The average Bonchev–Trinajstić information content (AvgIpc) is 2.48. The maximum atomic E-state index is 12.4. The minimum Gasteiger partial charge on any atom is -0.497 e. The van der Waals surface area contributed by atoms with Crippen LogP contribution in [-0.2, 0) is 9.53 Å². The van der Waals surface area contributed by atoms with E-state index in [0.29, 0.717) is 22.9 Å². The van der Waals surface area contributed by atoms with Gasteiger partial charge in [0.2, 0.25) is 5.91 Å². The Bertz CT molecular complexity index is 534. The summed E-state index contributed by atoms with van der Waals surface area (Å²) >= 11 is 6.06. The number of anilines is 1. The van der Waals surface area contributed by atoms with Crippen molar-refractivity contribution in [3.63, 3.8) is 0 Å². The van der Waals surface area contributed by atoms with E-state index in [0.717, 1.165) is 0 Å². The third kappa shape index (κ3) is 5.44. The highest BCUT2D eigenvalue weighted by Gasteiger charge is 2.23. The highest BCUT2D eigenvalue weighted by Crippen LogP contribution is 2.27. The normalized spacial score (nSPS) is 11.7. The number of carbonyl (C=O) groups excluding carboxylic acids is 2. The number of nitrogens with one attached hydrogen (secondary N) is 2. The summed E-state index contributed by atoms with van der Waals surface area (Å²) in [6.45, 7) is 3.91. The molecule has 0 aliphatic rings. The first-order valence-corrected chi connectivity index (χ1v) is 7.24. The van der Waals surface area contributed by atoms with Crippen LogP contribution in [0.3, 0.4) is 0 Å². The summed E-state index contributed by atoms with van der Waals surface area (Å²) in [5.74, 6) is 0.420. The SMILES string of the molecule is COC(=O)N[C@@H](CC(C)C)C(=O)Nc1cc(OC)ccc1Cl. The highest BCUT2D eigenvalue weighted by atomic mass is 35.5. The fourth-order valence-corrected chi connectivity index (χ4v) is 2.02. The van der Waals surface area contributed by atoms with Crippen LogP contribution < -0.4 is 15.4 Å². The van der Waals surface area contributed by atoms with Gasteiger partial charge in [0, 0.05) is 6.07 Å². The number of benzene rings is 1. The van der Waals surface area contributed by atoms with E-state index in [-0.39, 0.29) is 11.8 Å². The average molecular weight is 329 g/mol. The van der Waals surface area contributed by atoms with Gasteiger partial charge in [-0.1, -0.05) is 25.4 Å². The van der Waals surface area contributed by atoms with Gasteiger partial charge in [0.25, 0.3) is 0 Å². The van der Waals surface area contributed by atoms with Crippen molar-refractivity contribution < 1.29 is 19.1 Å². The number of hydrogen-bond acceptors (Lipinski definition) is 4. The van der Waals surface area contributed by atoms with E-state index in [1.807, 2.05) is 13.8 Å². The van der Waals surface area contributed by atoms with E-state index in [2.05, 4.69) is 15.4 Å². The zero-order valence-electron chi connectivity index (χ0n) is 13.1. The fourth-order valence-electron chi connectivity index (χ4n) is 1.85. The number of amides is 2. The van der Waals surface area contributed by atoms with Crippen LogP contribution in [0.15, 0.2) is 18.2 Å². The third-order valence-corrected chi connectivity index (χ3v) is 3.26. The molecule has 0 saturated carbocycles. The number of hydrogen-bond donors (Lipinski definition) is 2. The van der Waals surface area contributed by atoms with Crippen molar-refractivity contribution in [2.75, 3.05) is 19.5 Å². The standard InChI is InChI=1S/C15H21ClN2O4/c1-9(2)7-13(18-15(20)22-4)14(19)17-12-8-10(21-3)5-6-11(12)16/h5-6,8-9,13H,7H2,1-4H3,(H,17,19)(H,18,20)/t13-/m0/s1. The first-order valence-electron chi connectivity index (χ1n) is 6.86. The summed E-state index contributed by atoms with van der Waals surface area (Å²) < 4.78 is 9.65. The van der Waals surface area contributed by atoms with Crippen molar-refractivity contribution in [3.8, 4) is 5.75 Å². The minimum absolute atomic E-state index is 0.216. The van der Waals surface area contributed by atoms with E-state index < -0.39 is 12.1 Å². The lowest BCUT2D eigenvalue weighted by molar-refractivity contribution is -0.118. The molecule has 0 radical (unpaired) electrons. The van der Waals surface area contributed by atoms with Crippen LogP contribution in [0.4, 0.5) is 10.5 Å². The molecule has 0 fully saturated rings. The first-order chi connectivity index (χ1) is 10.4. The van der Waals surface area contributed by atoms with Crippen molar-refractivity contribution in [1.29, 1.82) is 0 Å². The number of ether oxygens (including phenoxy) is 2. The van der Waals surface area contributed by atoms with E-state index in [4.69, 9.17) is 16.3 Å². The molecule has 2 amide bonds. The summed E-state index contributed by atoms with van der Waals surface area (Å²) in [6, 6.07) is 4.22. The zero-order chi connectivity index (χ0) is 16.7. The van der Waals surface area contributed by atoms with Gasteiger partial charge >= 0.3 is 6.09 Å². The number of carbonyl (C=O) groups is 2. The summed E-state index contributed by atoms with van der Waals surface area (Å²) in [5, 5.41) is 5.60. The van der Waals surface area contributed by atoms with Gasteiger partial charge in [-0.25, -0.2) is 4.79 Å². The van der Waals surface area contributed by atoms with Gasteiger partial charge < -0.3 is 20.1 Å². The molecule has 6 nitrogen and oxygen atoms in total. The summed E-state index contributed by atoms with van der Waals surface area (Å²) in [7, 11) is 2.77. The Labute approximate surface area is 135 Å². The van der Waals surface area contributed by atoms with Gasteiger partial charge in [-0.3, -0.25) is 4.79 Å². The molecule has 0 bridgehead atoms. The van der Waals surface area contributed by atoms with Crippen molar-refractivity contribution in [2.24, 2.45) is 5.92 Å². The van der Waals surface area contributed by atoms with Gasteiger partial charge in [0.15, 0.2) is 0 Å². The quantitative estimate of drug-likeness (QED) is 0.841. The first kappa shape index (κ1) is 18.1. The molecule has 0 aromatic heterocycles. The van der Waals surface area contributed by atoms with E-state index in [1.54, 1.807) is 18.2 Å². The molecule has 0 unspecified atom stereocenters. The molecular formula is C15H21ClN2O4. The second-order valence-electron chi connectivity index (χ2n) is 5.15. The second kappa shape index (κ2) is 8.48. The molecule has 0 aliphatic heterocycles. The fraction of sp³-hybridized carbons (Fsp3) is 0.467. The molecular weight excluding hydrogens is 308 g/mol. The van der Waals surface area contributed by atoms with Gasteiger partial charge in [0.05, 0.1) is 24.9 Å². The third-order valence-electron chi connectivity index (χ3n) is 2.93. The van der Waals surface area contributed by atoms with Crippen LogP contribution in [0, 0.1) is 5.92 Å². The van der Waals surface area contributed by atoms with Crippen LogP contribution in [0.5, 0.6) is 5.75 Å². The number of methoxy groups -OCH3 is 2. The zero-order valence-corrected chi connectivity index (χ0v) is 13.9. The van der Waals surface area contributed by atoms with E-state index in [9.17, 15) is 9.59 Å². The Morgan fingerprint density at radius 1 is 1.27 bits per heavy atom. The van der Waals surface area contributed by atoms with Crippen LogP contribution in [-0.4, -0.2) is 32.3 Å². The van der Waals surface area contributed by atoms with Crippen LogP contribution >= 0.6 is 11.6 Å². The number of alkyl carbamates (subject to hydrolysis) is 1. The summed E-state index contributed by atoms with van der Waals surface area (Å²) in [5.41, 5.74) is 0.423. The van der Waals surface area contributed by atoms with Crippen molar-refractivity contribution in [3.05, 3.63) is 23.2 Å². The van der Waals surface area contributed by atoms with Gasteiger partial charge in [-0.05, 0) is 24.5 Å². The molecule has 22 heavy (non-hydrogen) atoms. The molecule has 1 rings (SSSR count). The van der Waals surface area contributed by atoms with Gasteiger partial charge in [0.1, 0.15) is 11.8 Å². The molecule has 7 heteroatoms. The number of rotatable bonds is 6. The number of halogens is 1. The van der Waals surface area contributed by atoms with Crippen molar-refractivity contribution >= 4 is 29.3 Å². The lowest BCUT2D eigenvalue weighted by Gasteiger charge is -2.20. The Hall–Kier alpha value is -1.95. The second-order valence-corrected chi connectivity index (χ2v) is 5.56. The summed E-state index contributed by atoms with van der Waals surface area (Å²) in [4.78, 5) is 23.7. The van der Waals surface area contributed by atoms with Gasteiger partial charge in [-0.2, -0.15) is 0 Å². The van der Waals surface area contributed by atoms with Crippen molar-refractivity contribution in [2.45, 2.75) is 26.3 Å². The molecule has 2 N–H and O–H groups in total. The molecule has 0 heterocycles. The smallest absolute Gasteiger partial charge is 0.407 e. The van der Waals surface area contributed by atoms with E-state index in [1.165, 1.54) is 14.2 Å². The molecule has 0 aliphatic carbocycles. The maximum Gasteiger partial charge on any atom is 0.407 e. The topological polar surface area (TPSA) is 76.7 Å². The maximum absolute atomic E-state index is 12.4. The lowest BCUT2D eigenvalue weighted by atomic mass is 10.0. The predicted molar refractivity (Wildman–Crippen MR) is 85.4 cm³/mol. The molecule has 1 aromatic rings. The minimum atomic E-state index is -0.713. The Morgan fingerprint density at radius 2 is 1.95 bits per heavy atom. The Morgan fingerprint density at radius 3 is 2.50 bits per heavy atom. The van der Waals surface area contributed by atoms with E-state index >= 15 is 0 Å². The monoisotopic (exact) mass is 328 g/mol.